The summed E-state index contributed by atoms with van der Waals surface area (Å²) in [5.41, 5.74) is 6.43. The SMILES string of the molecule is CCN(CC)C(=O)c1ccc(C2=CC3(CCN(C(O)OCC4=CCC(C)C=C4)CC3)Cc3ccccc32)cn1. The van der Waals surface area contributed by atoms with Crippen LogP contribution in [-0.2, 0) is 11.2 Å². The molecule has 39 heavy (non-hydrogen) atoms. The van der Waals surface area contributed by atoms with Crippen LogP contribution in [0.15, 0.2) is 72.5 Å². The topological polar surface area (TPSA) is 65.9 Å². The van der Waals surface area contributed by atoms with Crippen molar-refractivity contribution < 1.29 is 14.6 Å². The standard InChI is InChI=1S/C33H41N3O3/c1-4-35(5-2)31(37)30-15-14-27(22-34-30)29-21-33(20-26-8-6-7-9-28(26)29)16-18-36(19-17-33)32(38)39-23-25-12-10-24(3)11-13-25/h6-10,12-15,21-22,24,32,38H,4-5,11,16-20,23H2,1-3H3. The van der Waals surface area contributed by atoms with Crippen molar-refractivity contribution in [2.45, 2.75) is 52.9 Å². The molecule has 3 aliphatic rings. The van der Waals surface area contributed by atoms with Gasteiger partial charge in [0.25, 0.3) is 5.91 Å². The number of allylic oxidation sites excluding steroid dienone is 3. The molecule has 6 heteroatoms. The highest BCUT2D eigenvalue weighted by Gasteiger charge is 2.38. The van der Waals surface area contributed by atoms with Gasteiger partial charge in [-0.3, -0.25) is 14.7 Å². The Kier molecular flexibility index (Phi) is 8.46. The zero-order valence-corrected chi connectivity index (χ0v) is 23.5. The van der Waals surface area contributed by atoms with Crippen molar-refractivity contribution >= 4 is 11.5 Å². The second kappa shape index (κ2) is 12.0. The van der Waals surface area contributed by atoms with Crippen molar-refractivity contribution in [3.63, 3.8) is 0 Å². The average Bonchev–Trinajstić information content (AvgIpc) is 2.97. The van der Waals surface area contributed by atoms with Gasteiger partial charge in [-0.15, -0.1) is 0 Å². The van der Waals surface area contributed by atoms with Crippen LogP contribution in [0.4, 0.5) is 0 Å². The van der Waals surface area contributed by atoms with E-state index in [0.717, 1.165) is 49.9 Å². The predicted molar refractivity (Wildman–Crippen MR) is 155 cm³/mol. The Morgan fingerprint density at radius 2 is 1.95 bits per heavy atom. The maximum absolute atomic E-state index is 12.8. The molecule has 5 rings (SSSR count). The number of rotatable bonds is 8. The third kappa shape index (κ3) is 6.08. The Labute approximate surface area is 232 Å². The Hall–Kier alpha value is -3.06. The fourth-order valence-electron chi connectivity index (χ4n) is 6.01. The minimum absolute atomic E-state index is 0.0143. The maximum Gasteiger partial charge on any atom is 0.272 e. The molecule has 2 atom stereocenters. The fraction of sp³-hybridized carbons (Fsp3) is 0.455. The first-order valence-electron chi connectivity index (χ1n) is 14.4. The van der Waals surface area contributed by atoms with Gasteiger partial charge in [-0.1, -0.05) is 61.6 Å². The lowest BCUT2D eigenvalue weighted by molar-refractivity contribution is -0.196. The highest BCUT2D eigenvalue weighted by Crippen LogP contribution is 2.45. The van der Waals surface area contributed by atoms with Crippen LogP contribution in [0.2, 0.25) is 0 Å². The number of aliphatic hydroxyl groups is 1. The maximum atomic E-state index is 12.8. The van der Waals surface area contributed by atoms with Crippen molar-refractivity contribution in [2.24, 2.45) is 11.3 Å². The van der Waals surface area contributed by atoms with Crippen LogP contribution in [0.1, 0.15) is 67.2 Å². The summed E-state index contributed by atoms with van der Waals surface area (Å²) >= 11 is 0. The van der Waals surface area contributed by atoms with E-state index in [1.165, 1.54) is 16.7 Å². The second-order valence-electron chi connectivity index (χ2n) is 11.2. The number of benzene rings is 1. The van der Waals surface area contributed by atoms with Gasteiger partial charge < -0.3 is 14.7 Å². The summed E-state index contributed by atoms with van der Waals surface area (Å²) in [4.78, 5) is 21.2. The van der Waals surface area contributed by atoms with E-state index in [0.29, 0.717) is 31.3 Å². The summed E-state index contributed by atoms with van der Waals surface area (Å²) < 4.78 is 5.85. The third-order valence-electron chi connectivity index (χ3n) is 8.54. The molecule has 0 saturated carbocycles. The summed E-state index contributed by atoms with van der Waals surface area (Å²) in [5, 5.41) is 10.8. The van der Waals surface area contributed by atoms with Crippen molar-refractivity contribution in [3.05, 3.63) is 94.9 Å². The highest BCUT2D eigenvalue weighted by atomic mass is 16.6. The van der Waals surface area contributed by atoms with Gasteiger partial charge >= 0.3 is 0 Å². The van der Waals surface area contributed by atoms with Gasteiger partial charge in [0.05, 0.1) is 6.61 Å². The third-order valence-corrected chi connectivity index (χ3v) is 8.54. The molecule has 1 spiro atoms. The van der Waals surface area contributed by atoms with E-state index in [9.17, 15) is 9.90 Å². The number of nitrogens with zero attached hydrogens (tertiary/aromatic N) is 3. The Morgan fingerprint density at radius 3 is 2.62 bits per heavy atom. The van der Waals surface area contributed by atoms with Gasteiger partial charge in [0.1, 0.15) is 5.69 Å². The number of piperidine rings is 1. The lowest BCUT2D eigenvalue weighted by Crippen LogP contribution is -2.47. The van der Waals surface area contributed by atoms with Crippen molar-refractivity contribution in [3.8, 4) is 0 Å². The van der Waals surface area contributed by atoms with Crippen LogP contribution >= 0.6 is 0 Å². The molecule has 6 nitrogen and oxygen atoms in total. The molecule has 206 valence electrons. The minimum atomic E-state index is -0.893. The average molecular weight is 528 g/mol. The molecule has 1 N–H and O–H groups in total. The first kappa shape index (κ1) is 27.5. The number of carbonyl (C=O) groups excluding carboxylic acids is 1. The van der Waals surface area contributed by atoms with Crippen LogP contribution in [-0.4, -0.2) is 65.0 Å². The molecule has 0 bridgehead atoms. The van der Waals surface area contributed by atoms with E-state index in [2.05, 4.69) is 60.5 Å². The van der Waals surface area contributed by atoms with Gasteiger partial charge in [-0.05, 0) is 79.2 Å². The minimum Gasteiger partial charge on any atom is -0.356 e. The molecular formula is C33H41N3O3. The number of likely N-dealkylation sites (tertiary alicyclic amines) is 1. The van der Waals surface area contributed by atoms with Crippen molar-refractivity contribution in [1.29, 1.82) is 0 Å². The van der Waals surface area contributed by atoms with Crippen LogP contribution < -0.4 is 0 Å². The molecule has 1 fully saturated rings. The number of ether oxygens (including phenoxy) is 1. The molecule has 2 aliphatic carbocycles. The summed E-state index contributed by atoms with van der Waals surface area (Å²) in [7, 11) is 0. The number of hydrogen-bond donors (Lipinski definition) is 1. The normalized spacial score (nSPS) is 21.2. The molecule has 2 aromatic rings. The molecule has 0 radical (unpaired) electrons. The van der Waals surface area contributed by atoms with E-state index in [1.807, 2.05) is 37.1 Å². The summed E-state index contributed by atoms with van der Waals surface area (Å²) in [6.45, 7) is 9.50. The molecule has 1 aromatic carbocycles. The second-order valence-corrected chi connectivity index (χ2v) is 11.2. The number of carbonyl (C=O) groups is 1. The van der Waals surface area contributed by atoms with E-state index < -0.39 is 6.41 Å². The van der Waals surface area contributed by atoms with Gasteiger partial charge in [0.15, 0.2) is 0 Å². The highest BCUT2D eigenvalue weighted by molar-refractivity contribution is 5.93. The first-order chi connectivity index (χ1) is 18.9. The Bertz CT molecular complexity index is 1250. The lowest BCUT2D eigenvalue weighted by Gasteiger charge is -2.44. The number of hydrogen-bond acceptors (Lipinski definition) is 5. The Morgan fingerprint density at radius 1 is 1.18 bits per heavy atom. The first-order valence-corrected chi connectivity index (χ1v) is 14.4. The Balaban J connectivity index is 1.30. The van der Waals surface area contributed by atoms with Crippen molar-refractivity contribution in [1.82, 2.24) is 14.8 Å². The van der Waals surface area contributed by atoms with E-state index in [4.69, 9.17) is 4.74 Å². The fourth-order valence-corrected chi connectivity index (χ4v) is 6.01. The molecule has 1 aliphatic heterocycles. The smallest absolute Gasteiger partial charge is 0.272 e. The zero-order valence-electron chi connectivity index (χ0n) is 23.5. The van der Waals surface area contributed by atoms with Crippen LogP contribution in [0, 0.1) is 11.3 Å². The monoisotopic (exact) mass is 527 g/mol. The van der Waals surface area contributed by atoms with E-state index in [-0.39, 0.29) is 11.3 Å². The summed E-state index contributed by atoms with van der Waals surface area (Å²) in [6.07, 6.45) is 13.8. The zero-order chi connectivity index (χ0) is 27.4. The molecule has 2 heterocycles. The molecule has 1 amide bonds. The summed E-state index contributed by atoms with van der Waals surface area (Å²) in [6, 6.07) is 12.5. The molecule has 2 unspecified atom stereocenters. The van der Waals surface area contributed by atoms with Crippen molar-refractivity contribution in [2.75, 3.05) is 32.8 Å². The van der Waals surface area contributed by atoms with E-state index in [1.54, 1.807) is 4.90 Å². The molecule has 1 saturated heterocycles. The number of aliphatic hydroxyl groups excluding tert-OH is 1. The van der Waals surface area contributed by atoms with Gasteiger partial charge in [-0.2, -0.15) is 0 Å². The van der Waals surface area contributed by atoms with Crippen LogP contribution in [0.5, 0.6) is 0 Å². The quantitative estimate of drug-likeness (QED) is 0.463. The summed E-state index contributed by atoms with van der Waals surface area (Å²) in [5.74, 6) is 0.541. The van der Waals surface area contributed by atoms with E-state index >= 15 is 0 Å². The molecule has 1 aromatic heterocycles. The van der Waals surface area contributed by atoms with Gasteiger partial charge in [0.2, 0.25) is 6.41 Å². The number of pyridine rings is 1. The number of aromatic nitrogens is 1. The van der Waals surface area contributed by atoms with Crippen LogP contribution in [0.3, 0.4) is 0 Å². The largest absolute Gasteiger partial charge is 0.356 e. The van der Waals surface area contributed by atoms with Gasteiger partial charge in [0, 0.05) is 37.9 Å². The molecular weight excluding hydrogens is 486 g/mol. The number of amides is 1. The van der Waals surface area contributed by atoms with Gasteiger partial charge in [-0.25, -0.2) is 0 Å². The number of fused-ring (bicyclic) bond motifs is 1. The lowest BCUT2D eigenvalue weighted by atomic mass is 9.67. The predicted octanol–water partition coefficient (Wildman–Crippen LogP) is 5.45. The van der Waals surface area contributed by atoms with Crippen LogP contribution in [0.25, 0.3) is 5.57 Å².